The van der Waals surface area contributed by atoms with Crippen LogP contribution in [-0.2, 0) is 4.79 Å². The average Bonchev–Trinajstić information content (AvgIpc) is 2.95. The van der Waals surface area contributed by atoms with E-state index in [0.29, 0.717) is 22.2 Å². The first kappa shape index (κ1) is 18.2. The zero-order chi connectivity index (χ0) is 18.1. The van der Waals surface area contributed by atoms with Crippen molar-refractivity contribution in [1.29, 1.82) is 0 Å². The highest BCUT2D eigenvalue weighted by Gasteiger charge is 2.41. The minimum absolute atomic E-state index is 0.140. The fraction of sp³-hybridized carbons (Fsp3) is 0.222. The molecule has 1 N–H and O–H groups in total. The highest BCUT2D eigenvalue weighted by molar-refractivity contribution is 9.10. The van der Waals surface area contributed by atoms with Gasteiger partial charge in [-0.15, -0.1) is 0 Å². The van der Waals surface area contributed by atoms with Crippen molar-refractivity contribution in [3.05, 3.63) is 62.5 Å². The summed E-state index contributed by atoms with van der Waals surface area (Å²) in [7, 11) is 0. The average molecular weight is 442 g/mol. The summed E-state index contributed by atoms with van der Waals surface area (Å²) in [6, 6.07) is 12.7. The van der Waals surface area contributed by atoms with Crippen LogP contribution in [0.1, 0.15) is 24.9 Å². The van der Waals surface area contributed by atoms with Gasteiger partial charge in [-0.2, -0.15) is 5.10 Å². The second-order valence-corrected chi connectivity index (χ2v) is 7.50. The first-order valence-corrected chi connectivity index (χ1v) is 9.28. The van der Waals surface area contributed by atoms with Gasteiger partial charge in [0.1, 0.15) is 0 Å². The molecule has 2 aromatic carbocycles. The third-order valence-corrected chi connectivity index (χ3v) is 5.30. The molecule has 25 heavy (non-hydrogen) atoms. The van der Waals surface area contributed by atoms with Crippen LogP contribution >= 0.6 is 39.1 Å². The standard InChI is InChI=1S/C18H15BrCl2N2O2/c1-2-13-16(18(24)25)22-23(15-8-7-12(20)9-14(15)21)17(13)10-3-5-11(19)6-4-10/h3-9,13,17H,2H2,1H3,(H,24,25)/t13-,17+/m0/s1. The lowest BCUT2D eigenvalue weighted by atomic mass is 9.88. The van der Waals surface area contributed by atoms with Gasteiger partial charge < -0.3 is 5.11 Å². The van der Waals surface area contributed by atoms with Crippen LogP contribution in [0, 0.1) is 5.92 Å². The zero-order valence-electron chi connectivity index (χ0n) is 13.3. The summed E-state index contributed by atoms with van der Waals surface area (Å²) in [6.45, 7) is 1.96. The molecule has 0 aliphatic carbocycles. The molecule has 1 aliphatic rings. The van der Waals surface area contributed by atoms with Gasteiger partial charge >= 0.3 is 5.97 Å². The molecule has 1 aliphatic heterocycles. The Morgan fingerprint density at radius 2 is 1.92 bits per heavy atom. The zero-order valence-corrected chi connectivity index (χ0v) is 16.4. The van der Waals surface area contributed by atoms with E-state index >= 15 is 0 Å². The molecule has 0 spiro atoms. The van der Waals surface area contributed by atoms with Crippen LogP contribution < -0.4 is 5.01 Å². The number of hydrazone groups is 1. The Balaban J connectivity index is 2.13. The Morgan fingerprint density at radius 1 is 1.24 bits per heavy atom. The van der Waals surface area contributed by atoms with Crippen LogP contribution in [0.3, 0.4) is 0 Å². The monoisotopic (exact) mass is 440 g/mol. The number of carboxylic acids is 1. The maximum atomic E-state index is 11.7. The largest absolute Gasteiger partial charge is 0.477 e. The number of hydrogen-bond acceptors (Lipinski definition) is 3. The number of benzene rings is 2. The van der Waals surface area contributed by atoms with E-state index in [2.05, 4.69) is 21.0 Å². The Bertz CT molecular complexity index is 839. The maximum absolute atomic E-state index is 11.7. The van der Waals surface area contributed by atoms with E-state index in [0.717, 1.165) is 10.0 Å². The van der Waals surface area contributed by atoms with Crippen LogP contribution in [0.4, 0.5) is 5.69 Å². The molecule has 0 saturated carbocycles. The van der Waals surface area contributed by atoms with E-state index in [1.807, 2.05) is 31.2 Å². The molecule has 0 radical (unpaired) electrons. The number of halogens is 3. The van der Waals surface area contributed by atoms with Gasteiger partial charge in [-0.05, 0) is 42.3 Å². The van der Waals surface area contributed by atoms with Crippen molar-refractivity contribution in [1.82, 2.24) is 0 Å². The number of rotatable bonds is 4. The normalized spacial score (nSPS) is 19.8. The SMILES string of the molecule is CC[C@H]1C(C(=O)O)=NN(c2ccc(Cl)cc2Cl)[C@@H]1c1ccc(Br)cc1. The topological polar surface area (TPSA) is 52.9 Å². The van der Waals surface area contributed by atoms with E-state index in [9.17, 15) is 9.90 Å². The Kier molecular flexibility index (Phi) is 5.37. The predicted molar refractivity (Wildman–Crippen MR) is 105 cm³/mol. The number of hydrogen-bond donors (Lipinski definition) is 1. The molecule has 7 heteroatoms. The first-order chi connectivity index (χ1) is 11.9. The lowest BCUT2D eigenvalue weighted by Gasteiger charge is -2.28. The molecule has 3 rings (SSSR count). The van der Waals surface area contributed by atoms with Gasteiger partial charge in [0.05, 0.1) is 16.8 Å². The van der Waals surface area contributed by atoms with Crippen molar-refractivity contribution in [2.45, 2.75) is 19.4 Å². The number of anilines is 1. The van der Waals surface area contributed by atoms with Crippen LogP contribution in [0.15, 0.2) is 52.0 Å². The van der Waals surface area contributed by atoms with Gasteiger partial charge in [-0.1, -0.05) is 58.2 Å². The highest BCUT2D eigenvalue weighted by Crippen LogP contribution is 2.43. The minimum Gasteiger partial charge on any atom is -0.477 e. The summed E-state index contributed by atoms with van der Waals surface area (Å²) in [5.41, 5.74) is 1.75. The second kappa shape index (κ2) is 7.36. The summed E-state index contributed by atoms with van der Waals surface area (Å²) in [4.78, 5) is 11.7. The van der Waals surface area contributed by atoms with Crippen molar-refractivity contribution in [2.75, 3.05) is 5.01 Å². The molecule has 2 atom stereocenters. The smallest absolute Gasteiger partial charge is 0.352 e. The van der Waals surface area contributed by atoms with Crippen LogP contribution in [-0.4, -0.2) is 16.8 Å². The van der Waals surface area contributed by atoms with E-state index in [1.165, 1.54) is 0 Å². The fourth-order valence-corrected chi connectivity index (χ4v) is 3.85. The molecule has 0 amide bonds. The van der Waals surface area contributed by atoms with Gasteiger partial charge in [0.25, 0.3) is 0 Å². The summed E-state index contributed by atoms with van der Waals surface area (Å²) in [5.74, 6) is -1.26. The third-order valence-electron chi connectivity index (χ3n) is 4.24. The number of carbonyl (C=O) groups is 1. The van der Waals surface area contributed by atoms with Crippen molar-refractivity contribution in [3.63, 3.8) is 0 Å². The summed E-state index contributed by atoms with van der Waals surface area (Å²) in [6.07, 6.45) is 0.646. The molecule has 0 unspecified atom stereocenters. The Hall–Kier alpha value is -1.56. The first-order valence-electron chi connectivity index (χ1n) is 7.74. The predicted octanol–water partition coefficient (Wildman–Crippen LogP) is 5.78. The van der Waals surface area contributed by atoms with Crippen molar-refractivity contribution in [2.24, 2.45) is 11.0 Å². The fourth-order valence-electron chi connectivity index (χ4n) is 3.09. The number of carboxylic acid groups (broad SMARTS) is 1. The maximum Gasteiger partial charge on any atom is 0.352 e. The third kappa shape index (κ3) is 3.54. The molecule has 0 aromatic heterocycles. The molecule has 130 valence electrons. The molecule has 1 heterocycles. The minimum atomic E-state index is -1.01. The summed E-state index contributed by atoms with van der Waals surface area (Å²) >= 11 is 15.8. The van der Waals surface area contributed by atoms with Crippen molar-refractivity contribution < 1.29 is 9.90 Å². The Morgan fingerprint density at radius 3 is 2.48 bits per heavy atom. The van der Waals surface area contributed by atoms with Gasteiger partial charge in [0, 0.05) is 15.4 Å². The van der Waals surface area contributed by atoms with Crippen molar-refractivity contribution in [3.8, 4) is 0 Å². The van der Waals surface area contributed by atoms with Crippen LogP contribution in [0.2, 0.25) is 10.0 Å². The number of nitrogens with zero attached hydrogens (tertiary/aromatic N) is 2. The molecule has 2 aromatic rings. The highest BCUT2D eigenvalue weighted by atomic mass is 79.9. The summed E-state index contributed by atoms with van der Waals surface area (Å²) in [5, 5.41) is 16.6. The molecule has 0 fully saturated rings. The molecule has 0 saturated heterocycles. The molecular weight excluding hydrogens is 427 g/mol. The molecule has 0 bridgehead atoms. The van der Waals surface area contributed by atoms with Gasteiger partial charge in [0.2, 0.25) is 0 Å². The van der Waals surface area contributed by atoms with E-state index in [1.54, 1.807) is 23.2 Å². The Labute approximate surface area is 164 Å². The molecular formula is C18H15BrCl2N2O2. The van der Waals surface area contributed by atoms with Gasteiger partial charge in [-0.3, -0.25) is 5.01 Å². The van der Waals surface area contributed by atoms with E-state index in [-0.39, 0.29) is 17.7 Å². The lowest BCUT2D eigenvalue weighted by molar-refractivity contribution is -0.129. The number of aliphatic carboxylic acids is 1. The van der Waals surface area contributed by atoms with Crippen LogP contribution in [0.5, 0.6) is 0 Å². The van der Waals surface area contributed by atoms with Crippen LogP contribution in [0.25, 0.3) is 0 Å². The van der Waals surface area contributed by atoms with Gasteiger partial charge in [0.15, 0.2) is 5.71 Å². The quantitative estimate of drug-likeness (QED) is 0.653. The van der Waals surface area contributed by atoms with Crippen molar-refractivity contribution >= 4 is 56.5 Å². The lowest BCUT2D eigenvalue weighted by Crippen LogP contribution is -2.27. The molecule has 4 nitrogen and oxygen atoms in total. The second-order valence-electron chi connectivity index (χ2n) is 5.74. The van der Waals surface area contributed by atoms with E-state index in [4.69, 9.17) is 23.2 Å². The summed E-state index contributed by atoms with van der Waals surface area (Å²) < 4.78 is 0.956. The van der Waals surface area contributed by atoms with E-state index < -0.39 is 5.97 Å². The van der Waals surface area contributed by atoms with Gasteiger partial charge in [-0.25, -0.2) is 4.79 Å².